The van der Waals surface area contributed by atoms with Crippen molar-refractivity contribution in [1.29, 1.82) is 0 Å². The molecule has 0 saturated heterocycles. The molecule has 3 aromatic rings. The summed E-state index contributed by atoms with van der Waals surface area (Å²) in [5.74, 6) is -0.727. The molecule has 0 heterocycles. The molecule has 0 aliphatic heterocycles. The van der Waals surface area contributed by atoms with E-state index < -0.39 is 5.91 Å². The fraction of sp³-hybridized carbons (Fsp3) is 0.0435. The van der Waals surface area contributed by atoms with Crippen molar-refractivity contribution < 1.29 is 9.59 Å². The van der Waals surface area contributed by atoms with Gasteiger partial charge in [0.2, 0.25) is 11.8 Å². The van der Waals surface area contributed by atoms with Crippen molar-refractivity contribution in [3.05, 3.63) is 95.6 Å². The predicted molar refractivity (Wildman–Crippen MR) is 109 cm³/mol. The second kappa shape index (κ2) is 8.15. The molecule has 3 N–H and O–H groups in total. The van der Waals surface area contributed by atoms with Gasteiger partial charge in [0.25, 0.3) is 0 Å². The standard InChI is InChI=1S/C23H20N2O2/c1-16-14-20(11-12-21(16)23(24)27)25-22(26)13-10-17-6-5-9-19(15-17)18-7-3-2-4-8-18/h2-15H,1H3,(H2,24,27)(H,25,26)/b13-10+. The van der Waals surface area contributed by atoms with Crippen LogP contribution < -0.4 is 11.1 Å². The average Bonchev–Trinajstić information content (AvgIpc) is 2.67. The van der Waals surface area contributed by atoms with Crippen LogP contribution in [0.25, 0.3) is 17.2 Å². The highest BCUT2D eigenvalue weighted by atomic mass is 16.1. The van der Waals surface area contributed by atoms with Crippen molar-refractivity contribution in [2.45, 2.75) is 6.92 Å². The van der Waals surface area contributed by atoms with Gasteiger partial charge < -0.3 is 11.1 Å². The van der Waals surface area contributed by atoms with Crippen LogP contribution in [0.2, 0.25) is 0 Å². The Balaban J connectivity index is 1.70. The number of carbonyl (C=O) groups is 2. The Hall–Kier alpha value is -3.66. The maximum Gasteiger partial charge on any atom is 0.248 e. The lowest BCUT2D eigenvalue weighted by Gasteiger charge is -2.06. The summed E-state index contributed by atoms with van der Waals surface area (Å²) in [5, 5.41) is 2.79. The Morgan fingerprint density at radius 1 is 0.889 bits per heavy atom. The highest BCUT2D eigenvalue weighted by molar-refractivity contribution is 6.02. The fourth-order valence-corrected chi connectivity index (χ4v) is 2.83. The molecule has 0 atom stereocenters. The van der Waals surface area contributed by atoms with E-state index in [0.29, 0.717) is 11.3 Å². The number of aryl methyl sites for hydroxylation is 1. The van der Waals surface area contributed by atoms with E-state index in [1.54, 1.807) is 31.2 Å². The van der Waals surface area contributed by atoms with Gasteiger partial charge >= 0.3 is 0 Å². The van der Waals surface area contributed by atoms with Gasteiger partial charge in [-0.05, 0) is 59.5 Å². The number of nitrogens with two attached hydrogens (primary N) is 1. The third kappa shape index (κ3) is 4.70. The fourth-order valence-electron chi connectivity index (χ4n) is 2.83. The molecule has 27 heavy (non-hydrogen) atoms. The molecule has 0 fully saturated rings. The van der Waals surface area contributed by atoms with E-state index in [9.17, 15) is 9.59 Å². The van der Waals surface area contributed by atoms with Crippen molar-refractivity contribution in [2.75, 3.05) is 5.32 Å². The molecule has 0 aliphatic carbocycles. The summed E-state index contributed by atoms with van der Waals surface area (Å²) in [6.07, 6.45) is 3.26. The minimum Gasteiger partial charge on any atom is -0.366 e. The first-order valence-corrected chi connectivity index (χ1v) is 8.58. The van der Waals surface area contributed by atoms with Gasteiger partial charge in [-0.1, -0.05) is 48.5 Å². The van der Waals surface area contributed by atoms with Crippen LogP contribution in [0.1, 0.15) is 21.5 Å². The van der Waals surface area contributed by atoms with Gasteiger partial charge in [-0.2, -0.15) is 0 Å². The molecule has 0 unspecified atom stereocenters. The van der Waals surface area contributed by atoms with Crippen molar-refractivity contribution >= 4 is 23.6 Å². The predicted octanol–water partition coefficient (Wildman–Crippen LogP) is 4.41. The van der Waals surface area contributed by atoms with E-state index in [1.807, 2.05) is 54.6 Å². The normalized spacial score (nSPS) is 10.7. The van der Waals surface area contributed by atoms with Crippen molar-refractivity contribution in [3.63, 3.8) is 0 Å². The molecule has 0 radical (unpaired) electrons. The van der Waals surface area contributed by atoms with Gasteiger partial charge in [0.1, 0.15) is 0 Å². The molecule has 3 rings (SSSR count). The van der Waals surface area contributed by atoms with Crippen molar-refractivity contribution in [3.8, 4) is 11.1 Å². The maximum absolute atomic E-state index is 12.2. The van der Waals surface area contributed by atoms with E-state index in [2.05, 4.69) is 5.32 Å². The van der Waals surface area contributed by atoms with E-state index in [0.717, 1.165) is 22.3 Å². The van der Waals surface area contributed by atoms with E-state index >= 15 is 0 Å². The highest BCUT2D eigenvalue weighted by Crippen LogP contribution is 2.20. The molecule has 134 valence electrons. The van der Waals surface area contributed by atoms with Crippen LogP contribution in [0.3, 0.4) is 0 Å². The molecular weight excluding hydrogens is 336 g/mol. The lowest BCUT2D eigenvalue weighted by atomic mass is 10.0. The Labute approximate surface area is 158 Å². The van der Waals surface area contributed by atoms with E-state index in [-0.39, 0.29) is 5.91 Å². The second-order valence-corrected chi connectivity index (χ2v) is 6.21. The highest BCUT2D eigenvalue weighted by Gasteiger charge is 2.06. The summed E-state index contributed by atoms with van der Waals surface area (Å²) >= 11 is 0. The molecule has 2 amide bonds. The van der Waals surface area contributed by atoms with Crippen LogP contribution in [0.5, 0.6) is 0 Å². The van der Waals surface area contributed by atoms with Crippen LogP contribution in [0, 0.1) is 6.92 Å². The van der Waals surface area contributed by atoms with Crippen LogP contribution in [0.4, 0.5) is 5.69 Å². The first kappa shape index (κ1) is 18.1. The van der Waals surface area contributed by atoms with Crippen molar-refractivity contribution in [1.82, 2.24) is 0 Å². The van der Waals surface area contributed by atoms with E-state index in [1.165, 1.54) is 6.08 Å². The third-order valence-corrected chi connectivity index (χ3v) is 4.18. The number of hydrogen-bond acceptors (Lipinski definition) is 2. The summed E-state index contributed by atoms with van der Waals surface area (Å²) in [4.78, 5) is 23.4. The molecule has 0 saturated carbocycles. The number of hydrogen-bond donors (Lipinski definition) is 2. The molecule has 0 spiro atoms. The number of rotatable bonds is 5. The molecule has 4 heteroatoms. The summed E-state index contributed by atoms with van der Waals surface area (Å²) < 4.78 is 0. The Morgan fingerprint density at radius 3 is 2.33 bits per heavy atom. The molecular formula is C23H20N2O2. The first-order chi connectivity index (χ1) is 13.0. The van der Waals surface area contributed by atoms with Gasteiger partial charge in [-0.25, -0.2) is 0 Å². The zero-order chi connectivity index (χ0) is 19.2. The minimum atomic E-state index is -0.483. The lowest BCUT2D eigenvalue weighted by Crippen LogP contribution is -2.13. The lowest BCUT2D eigenvalue weighted by molar-refractivity contribution is -0.111. The summed E-state index contributed by atoms with van der Waals surface area (Å²) in [6, 6.07) is 23.1. The number of carbonyl (C=O) groups excluding carboxylic acids is 2. The van der Waals surface area contributed by atoms with Gasteiger partial charge in [0.05, 0.1) is 0 Å². The number of nitrogens with one attached hydrogen (secondary N) is 1. The largest absolute Gasteiger partial charge is 0.366 e. The first-order valence-electron chi connectivity index (χ1n) is 8.58. The van der Waals surface area contributed by atoms with Gasteiger partial charge in [0, 0.05) is 17.3 Å². The molecule has 3 aromatic carbocycles. The van der Waals surface area contributed by atoms with Gasteiger partial charge in [0.15, 0.2) is 0 Å². The molecule has 0 bridgehead atoms. The molecule has 0 aliphatic rings. The topological polar surface area (TPSA) is 72.2 Å². The number of amides is 2. The Morgan fingerprint density at radius 2 is 1.63 bits per heavy atom. The van der Waals surface area contributed by atoms with Gasteiger partial charge in [-0.15, -0.1) is 0 Å². The smallest absolute Gasteiger partial charge is 0.248 e. The van der Waals surface area contributed by atoms with Crippen LogP contribution in [-0.4, -0.2) is 11.8 Å². The zero-order valence-electron chi connectivity index (χ0n) is 15.0. The van der Waals surface area contributed by atoms with Crippen LogP contribution in [-0.2, 0) is 4.79 Å². The third-order valence-electron chi connectivity index (χ3n) is 4.18. The van der Waals surface area contributed by atoms with Crippen LogP contribution in [0.15, 0.2) is 78.9 Å². The quantitative estimate of drug-likeness (QED) is 0.665. The SMILES string of the molecule is Cc1cc(NC(=O)/C=C/c2cccc(-c3ccccc3)c2)ccc1C(N)=O. The van der Waals surface area contributed by atoms with E-state index in [4.69, 9.17) is 5.73 Å². The number of benzene rings is 3. The maximum atomic E-state index is 12.2. The Bertz CT molecular complexity index is 1010. The summed E-state index contributed by atoms with van der Waals surface area (Å²) in [6.45, 7) is 1.78. The summed E-state index contributed by atoms with van der Waals surface area (Å²) in [7, 11) is 0. The average molecular weight is 356 g/mol. The number of primary amides is 1. The molecule has 4 nitrogen and oxygen atoms in total. The van der Waals surface area contributed by atoms with Crippen molar-refractivity contribution in [2.24, 2.45) is 5.73 Å². The van der Waals surface area contributed by atoms with Gasteiger partial charge in [-0.3, -0.25) is 9.59 Å². The molecule has 0 aromatic heterocycles. The summed E-state index contributed by atoms with van der Waals surface area (Å²) in [5.41, 5.74) is 10.2. The monoisotopic (exact) mass is 356 g/mol. The Kier molecular flexibility index (Phi) is 5.47. The second-order valence-electron chi connectivity index (χ2n) is 6.21. The minimum absolute atomic E-state index is 0.244. The zero-order valence-corrected chi connectivity index (χ0v) is 15.0. The van der Waals surface area contributed by atoms with Crippen LogP contribution >= 0.6 is 0 Å². The number of anilines is 1.